The fourth-order valence-electron chi connectivity index (χ4n) is 2.26. The molecule has 0 aliphatic rings. The maximum Gasteiger partial charge on any atom is 0.181 e. The second kappa shape index (κ2) is 7.01. The summed E-state index contributed by atoms with van der Waals surface area (Å²) in [5.74, 6) is 0.439. The number of rotatable bonds is 5. The van der Waals surface area contributed by atoms with E-state index in [-0.39, 0.29) is 11.7 Å². The molecule has 1 nitrogen and oxygen atoms in total. The van der Waals surface area contributed by atoms with E-state index in [1.807, 2.05) is 35.7 Å². The van der Waals surface area contributed by atoms with E-state index in [4.69, 9.17) is 0 Å². The van der Waals surface area contributed by atoms with Crippen molar-refractivity contribution in [2.45, 2.75) is 26.2 Å². The van der Waals surface area contributed by atoms with Gasteiger partial charge in [-0.3, -0.25) is 4.79 Å². The predicted octanol–water partition coefficient (Wildman–Crippen LogP) is 6.29. The summed E-state index contributed by atoms with van der Waals surface area (Å²) >= 11 is 8.45. The fraction of sp³-hybridized carbons (Fsp3) is 0.312. The van der Waals surface area contributed by atoms with E-state index in [9.17, 15) is 4.79 Å². The van der Waals surface area contributed by atoms with Gasteiger partial charge >= 0.3 is 0 Å². The summed E-state index contributed by atoms with van der Waals surface area (Å²) in [6.45, 7) is 4.28. The average molecular weight is 416 g/mol. The summed E-state index contributed by atoms with van der Waals surface area (Å²) in [7, 11) is 0. The molecule has 2 unspecified atom stereocenters. The first kappa shape index (κ1) is 15.9. The highest BCUT2D eigenvalue weighted by atomic mass is 79.9. The zero-order valence-corrected chi connectivity index (χ0v) is 15.4. The summed E-state index contributed by atoms with van der Waals surface area (Å²) < 4.78 is 1.82. The minimum Gasteiger partial charge on any atom is -0.293 e. The van der Waals surface area contributed by atoms with Gasteiger partial charge in [0.05, 0.1) is 15.3 Å². The van der Waals surface area contributed by atoms with Crippen molar-refractivity contribution >= 4 is 49.0 Å². The van der Waals surface area contributed by atoms with Crippen LogP contribution in [-0.4, -0.2) is 5.78 Å². The Morgan fingerprint density at radius 1 is 1.25 bits per heavy atom. The Hall–Kier alpha value is -0.450. The van der Waals surface area contributed by atoms with Gasteiger partial charge in [0.2, 0.25) is 0 Å². The lowest BCUT2D eigenvalue weighted by Crippen LogP contribution is -2.19. The molecule has 0 amide bonds. The molecule has 0 N–H and O–H groups in total. The molecule has 1 aromatic heterocycles. The summed E-state index contributed by atoms with van der Waals surface area (Å²) in [4.78, 5) is 13.7. The van der Waals surface area contributed by atoms with Crippen molar-refractivity contribution < 1.29 is 4.79 Å². The number of carbonyl (C=O) groups is 1. The minimum absolute atomic E-state index is 0.0805. The summed E-state index contributed by atoms with van der Waals surface area (Å²) in [6.07, 6.45) is 0.982. The Kier molecular flexibility index (Phi) is 5.58. The molecule has 0 fully saturated rings. The molecule has 106 valence electrons. The van der Waals surface area contributed by atoms with Gasteiger partial charge in [0.15, 0.2) is 5.78 Å². The van der Waals surface area contributed by atoms with Gasteiger partial charge in [0.25, 0.3) is 0 Å². The molecule has 0 saturated heterocycles. The van der Waals surface area contributed by atoms with E-state index in [2.05, 4.69) is 45.7 Å². The molecule has 0 aliphatic heterocycles. The quantitative estimate of drug-likeness (QED) is 0.524. The minimum atomic E-state index is -0.0805. The smallest absolute Gasteiger partial charge is 0.181 e. The number of carbonyl (C=O) groups excluding carboxylic acids is 1. The van der Waals surface area contributed by atoms with Crippen LogP contribution in [0.25, 0.3) is 0 Å². The number of hydrogen-bond donors (Lipinski definition) is 0. The Morgan fingerprint density at radius 3 is 2.40 bits per heavy atom. The first-order valence-electron chi connectivity index (χ1n) is 6.57. The summed E-state index contributed by atoms with van der Waals surface area (Å²) in [6, 6.07) is 10.1. The molecule has 2 atom stereocenters. The maximum absolute atomic E-state index is 12.9. The fourth-order valence-corrected chi connectivity index (χ4v) is 4.41. The van der Waals surface area contributed by atoms with E-state index >= 15 is 0 Å². The van der Waals surface area contributed by atoms with Crippen molar-refractivity contribution in [3.63, 3.8) is 0 Å². The van der Waals surface area contributed by atoms with Gasteiger partial charge < -0.3 is 0 Å². The average Bonchev–Trinajstić information content (AvgIpc) is 2.80. The number of ketones is 1. The lowest BCUT2D eigenvalue weighted by atomic mass is 9.82. The van der Waals surface area contributed by atoms with Crippen LogP contribution in [0.1, 0.15) is 41.4 Å². The highest BCUT2D eigenvalue weighted by Crippen LogP contribution is 2.38. The second-order valence-corrected chi connectivity index (χ2v) is 7.39. The van der Waals surface area contributed by atoms with E-state index in [0.29, 0.717) is 5.92 Å². The zero-order chi connectivity index (χ0) is 14.7. The molecule has 0 aliphatic carbocycles. The first-order valence-corrected chi connectivity index (χ1v) is 9.04. The molecule has 2 aromatic rings. The molecule has 2 rings (SSSR count). The number of thiophene rings is 1. The van der Waals surface area contributed by atoms with Crippen molar-refractivity contribution in [1.29, 1.82) is 0 Å². The molecule has 0 bridgehead atoms. The summed E-state index contributed by atoms with van der Waals surface area (Å²) in [5, 5.41) is 1.95. The van der Waals surface area contributed by atoms with Crippen LogP contribution >= 0.6 is 43.2 Å². The Labute approximate surface area is 140 Å². The predicted molar refractivity (Wildman–Crippen MR) is 92.7 cm³/mol. The van der Waals surface area contributed by atoms with Crippen molar-refractivity contribution in [3.8, 4) is 0 Å². The van der Waals surface area contributed by atoms with Crippen molar-refractivity contribution in [3.05, 3.63) is 55.1 Å². The van der Waals surface area contributed by atoms with Crippen LogP contribution in [-0.2, 0) is 0 Å². The molecule has 0 saturated carbocycles. The molecule has 20 heavy (non-hydrogen) atoms. The number of halogens is 2. The van der Waals surface area contributed by atoms with E-state index < -0.39 is 0 Å². The molecule has 0 spiro atoms. The number of hydrogen-bond acceptors (Lipinski definition) is 2. The normalized spacial score (nSPS) is 14.0. The molecule has 1 heterocycles. The van der Waals surface area contributed by atoms with Gasteiger partial charge in [-0.25, -0.2) is 0 Å². The topological polar surface area (TPSA) is 17.1 Å². The molecule has 1 aromatic carbocycles. The molecular formula is C16H16Br2OS. The molecule has 4 heteroatoms. The van der Waals surface area contributed by atoms with E-state index in [1.54, 1.807) is 0 Å². The zero-order valence-electron chi connectivity index (χ0n) is 11.4. The van der Waals surface area contributed by atoms with Crippen LogP contribution in [0.4, 0.5) is 0 Å². The van der Waals surface area contributed by atoms with Crippen molar-refractivity contribution in [2.24, 2.45) is 5.92 Å². The third-order valence-corrected chi connectivity index (χ3v) is 7.11. The third-order valence-electron chi connectivity index (χ3n) is 3.57. The largest absolute Gasteiger partial charge is 0.293 e. The highest BCUT2D eigenvalue weighted by Gasteiger charge is 2.29. The van der Waals surface area contributed by atoms with Gasteiger partial charge in [-0.2, -0.15) is 0 Å². The highest BCUT2D eigenvalue weighted by molar-refractivity contribution is 9.13. The Bertz CT molecular complexity index is 592. The SMILES string of the molecule is CCC(C)C(C(=O)c1scc(Br)c1Br)c1ccccc1. The lowest BCUT2D eigenvalue weighted by Gasteiger charge is -2.22. The van der Waals surface area contributed by atoms with Gasteiger partial charge in [-0.1, -0.05) is 50.6 Å². The third kappa shape index (κ3) is 3.23. The summed E-state index contributed by atoms with van der Waals surface area (Å²) in [5.41, 5.74) is 1.10. The van der Waals surface area contributed by atoms with Crippen LogP contribution < -0.4 is 0 Å². The lowest BCUT2D eigenvalue weighted by molar-refractivity contribution is 0.0935. The van der Waals surface area contributed by atoms with Crippen molar-refractivity contribution in [1.82, 2.24) is 0 Å². The first-order chi connectivity index (χ1) is 9.56. The van der Waals surface area contributed by atoms with Crippen LogP contribution in [0, 0.1) is 5.92 Å². The van der Waals surface area contributed by atoms with Gasteiger partial charge in [0, 0.05) is 9.85 Å². The van der Waals surface area contributed by atoms with E-state index in [0.717, 1.165) is 25.8 Å². The monoisotopic (exact) mass is 414 g/mol. The van der Waals surface area contributed by atoms with Gasteiger partial charge in [0.1, 0.15) is 0 Å². The molecule has 0 radical (unpaired) electrons. The van der Waals surface area contributed by atoms with Crippen LogP contribution in [0.2, 0.25) is 0 Å². The van der Waals surface area contributed by atoms with Gasteiger partial charge in [-0.15, -0.1) is 11.3 Å². The Balaban J connectivity index is 2.42. The number of benzene rings is 1. The van der Waals surface area contributed by atoms with Crippen LogP contribution in [0.3, 0.4) is 0 Å². The van der Waals surface area contributed by atoms with E-state index in [1.165, 1.54) is 11.3 Å². The molecular weight excluding hydrogens is 400 g/mol. The standard InChI is InChI=1S/C16H16Br2OS/c1-3-10(2)13(11-7-5-4-6-8-11)15(19)16-14(18)12(17)9-20-16/h4-10,13H,3H2,1-2H3. The van der Waals surface area contributed by atoms with Crippen LogP contribution in [0.15, 0.2) is 44.7 Å². The van der Waals surface area contributed by atoms with Gasteiger partial charge in [-0.05, 0) is 43.3 Å². The Morgan fingerprint density at radius 2 is 1.90 bits per heavy atom. The van der Waals surface area contributed by atoms with Crippen LogP contribution in [0.5, 0.6) is 0 Å². The second-order valence-electron chi connectivity index (χ2n) is 4.86. The number of Topliss-reactive ketones (excluding diaryl/α,β-unsaturated/α-hetero) is 1. The maximum atomic E-state index is 12.9. The van der Waals surface area contributed by atoms with Crippen molar-refractivity contribution in [2.75, 3.05) is 0 Å².